The molecule has 1 atom stereocenters. The lowest BCUT2D eigenvalue weighted by molar-refractivity contribution is -0.141. The third-order valence-corrected chi connectivity index (χ3v) is 6.17. The number of hydrogen-bond acceptors (Lipinski definition) is 4. The van der Waals surface area contributed by atoms with Crippen LogP contribution in [0.25, 0.3) is 0 Å². The molecule has 3 rings (SSSR count). The van der Waals surface area contributed by atoms with E-state index in [1.165, 1.54) is 0 Å². The van der Waals surface area contributed by atoms with Crippen LogP contribution in [0.5, 0.6) is 0 Å². The summed E-state index contributed by atoms with van der Waals surface area (Å²) in [6.07, 6.45) is -0.217. The molecule has 0 N–H and O–H groups in total. The van der Waals surface area contributed by atoms with E-state index >= 15 is 0 Å². The quantitative estimate of drug-likeness (QED) is 0.790. The second-order valence-corrected chi connectivity index (χ2v) is 8.36. The Morgan fingerprint density at radius 2 is 1.57 bits per heavy atom. The lowest BCUT2D eigenvalue weighted by atomic mass is 10.4. The van der Waals surface area contributed by atoms with Gasteiger partial charge in [-0.25, -0.2) is 0 Å². The molecule has 5 heteroatoms. The van der Waals surface area contributed by atoms with Gasteiger partial charge in [0.25, 0.3) is 7.37 Å². The Labute approximate surface area is 136 Å². The number of rotatable bonds is 5. The molecule has 1 unspecified atom stereocenters. The number of benzene rings is 2. The molecule has 1 aliphatic heterocycles. The fourth-order valence-corrected chi connectivity index (χ4v) is 4.68. The molecule has 2 aromatic rings. The molecule has 0 saturated carbocycles. The molecule has 122 valence electrons. The fraction of sp³-hybridized carbons (Fsp3) is 0.333. The van der Waals surface area contributed by atoms with Gasteiger partial charge < -0.3 is 14.0 Å². The zero-order valence-corrected chi connectivity index (χ0v) is 14.2. The van der Waals surface area contributed by atoms with E-state index in [0.717, 1.165) is 0 Å². The first-order valence-electron chi connectivity index (χ1n) is 7.67. The summed E-state index contributed by atoms with van der Waals surface area (Å²) < 4.78 is 30.8. The summed E-state index contributed by atoms with van der Waals surface area (Å²) in [5.41, 5.74) is 0. The SMILES string of the molecule is CC1(C)OCC(COP(=O)(c2ccccc2)c2ccccc2)O1. The van der Waals surface area contributed by atoms with Crippen molar-refractivity contribution in [2.45, 2.75) is 25.7 Å². The van der Waals surface area contributed by atoms with Gasteiger partial charge in [-0.3, -0.25) is 4.57 Å². The van der Waals surface area contributed by atoms with Gasteiger partial charge in [-0.1, -0.05) is 36.4 Å². The minimum absolute atomic E-state index is 0.217. The average Bonchev–Trinajstić information content (AvgIpc) is 2.93. The molecule has 2 aromatic carbocycles. The molecule has 1 heterocycles. The molecular formula is C18H21O4P. The van der Waals surface area contributed by atoms with Gasteiger partial charge in [0.2, 0.25) is 0 Å². The van der Waals surface area contributed by atoms with Gasteiger partial charge in [-0.2, -0.15) is 0 Å². The van der Waals surface area contributed by atoms with Crippen LogP contribution in [0.15, 0.2) is 60.7 Å². The molecule has 0 bridgehead atoms. The molecule has 0 aromatic heterocycles. The maximum atomic E-state index is 13.6. The Bertz CT molecular complexity index is 641. The van der Waals surface area contributed by atoms with E-state index in [1.54, 1.807) is 0 Å². The largest absolute Gasteiger partial charge is 0.348 e. The number of ether oxygens (including phenoxy) is 2. The van der Waals surface area contributed by atoms with Gasteiger partial charge in [0.15, 0.2) is 5.79 Å². The van der Waals surface area contributed by atoms with Crippen molar-refractivity contribution < 1.29 is 18.6 Å². The molecule has 0 amide bonds. The molecule has 1 saturated heterocycles. The summed E-state index contributed by atoms with van der Waals surface area (Å²) in [7, 11) is -3.15. The summed E-state index contributed by atoms with van der Waals surface area (Å²) in [6, 6.07) is 18.6. The van der Waals surface area contributed by atoms with Crippen LogP contribution in [-0.4, -0.2) is 25.1 Å². The Balaban J connectivity index is 1.84. The molecular weight excluding hydrogens is 311 g/mol. The lowest BCUT2D eigenvalue weighted by Crippen LogP contribution is -2.26. The van der Waals surface area contributed by atoms with Crippen LogP contribution in [0.4, 0.5) is 0 Å². The van der Waals surface area contributed by atoms with Gasteiger partial charge in [0, 0.05) is 10.6 Å². The molecule has 23 heavy (non-hydrogen) atoms. The van der Waals surface area contributed by atoms with Gasteiger partial charge in [0.1, 0.15) is 6.10 Å². The van der Waals surface area contributed by atoms with Crippen molar-refractivity contribution in [3.8, 4) is 0 Å². The van der Waals surface area contributed by atoms with E-state index in [9.17, 15) is 4.57 Å². The van der Waals surface area contributed by atoms with Gasteiger partial charge in [0.05, 0.1) is 13.2 Å². The minimum Gasteiger partial charge on any atom is -0.348 e. The summed E-state index contributed by atoms with van der Waals surface area (Å²) in [5.74, 6) is -0.614. The van der Waals surface area contributed by atoms with E-state index in [4.69, 9.17) is 14.0 Å². The predicted molar refractivity (Wildman–Crippen MR) is 90.6 cm³/mol. The van der Waals surface area contributed by atoms with Crippen molar-refractivity contribution in [1.29, 1.82) is 0 Å². The van der Waals surface area contributed by atoms with Crippen molar-refractivity contribution >= 4 is 18.0 Å². The maximum Gasteiger partial charge on any atom is 0.261 e. The van der Waals surface area contributed by atoms with Crippen molar-refractivity contribution in [3.63, 3.8) is 0 Å². The Morgan fingerprint density at radius 3 is 2.00 bits per heavy atom. The lowest BCUT2D eigenvalue weighted by Gasteiger charge is -2.22. The fourth-order valence-electron chi connectivity index (χ4n) is 2.58. The van der Waals surface area contributed by atoms with E-state index < -0.39 is 13.2 Å². The van der Waals surface area contributed by atoms with E-state index in [1.807, 2.05) is 74.5 Å². The van der Waals surface area contributed by atoms with Gasteiger partial charge >= 0.3 is 0 Å². The zero-order chi connectivity index (χ0) is 16.3. The topological polar surface area (TPSA) is 44.8 Å². The molecule has 0 aliphatic carbocycles. The predicted octanol–water partition coefficient (Wildman–Crippen LogP) is 3.08. The summed E-state index contributed by atoms with van der Waals surface area (Å²) in [5, 5.41) is 1.37. The van der Waals surface area contributed by atoms with Crippen LogP contribution in [0.3, 0.4) is 0 Å². The molecule has 1 fully saturated rings. The standard InChI is InChI=1S/C18H21O4P/c1-18(2)20-13-15(22-18)14-21-23(19,16-9-5-3-6-10-16)17-11-7-4-8-12-17/h3-12,15H,13-14H2,1-2H3. The van der Waals surface area contributed by atoms with Gasteiger partial charge in [-0.05, 0) is 38.1 Å². The highest BCUT2D eigenvalue weighted by atomic mass is 31.2. The van der Waals surface area contributed by atoms with Crippen molar-refractivity contribution in [2.24, 2.45) is 0 Å². The van der Waals surface area contributed by atoms with E-state index in [2.05, 4.69) is 0 Å². The molecule has 4 nitrogen and oxygen atoms in total. The monoisotopic (exact) mass is 332 g/mol. The second kappa shape index (κ2) is 6.58. The molecule has 0 spiro atoms. The molecule has 0 radical (unpaired) electrons. The third kappa shape index (κ3) is 3.73. The summed E-state index contributed by atoms with van der Waals surface area (Å²) in [6.45, 7) is 4.39. The Morgan fingerprint density at radius 1 is 1.04 bits per heavy atom. The van der Waals surface area contributed by atoms with Gasteiger partial charge in [-0.15, -0.1) is 0 Å². The highest BCUT2D eigenvalue weighted by molar-refractivity contribution is 7.74. The smallest absolute Gasteiger partial charge is 0.261 e. The van der Waals surface area contributed by atoms with Crippen molar-refractivity contribution in [2.75, 3.05) is 13.2 Å². The normalized spacial score (nSPS) is 20.5. The summed E-state index contributed by atoms with van der Waals surface area (Å²) in [4.78, 5) is 0. The first-order valence-corrected chi connectivity index (χ1v) is 9.30. The Hall–Kier alpha value is -1.45. The van der Waals surface area contributed by atoms with Crippen LogP contribution in [-0.2, 0) is 18.6 Å². The van der Waals surface area contributed by atoms with Crippen LogP contribution in [0.1, 0.15) is 13.8 Å². The number of hydrogen-bond donors (Lipinski definition) is 0. The van der Waals surface area contributed by atoms with E-state index in [-0.39, 0.29) is 12.7 Å². The average molecular weight is 332 g/mol. The van der Waals surface area contributed by atoms with Crippen LogP contribution in [0, 0.1) is 0 Å². The first-order chi connectivity index (χ1) is 11.0. The maximum absolute atomic E-state index is 13.6. The van der Waals surface area contributed by atoms with Crippen LogP contribution in [0.2, 0.25) is 0 Å². The first kappa shape index (κ1) is 16.4. The summed E-state index contributed by atoms with van der Waals surface area (Å²) >= 11 is 0. The van der Waals surface area contributed by atoms with Crippen molar-refractivity contribution in [3.05, 3.63) is 60.7 Å². The van der Waals surface area contributed by atoms with Crippen LogP contribution >= 0.6 is 7.37 Å². The zero-order valence-electron chi connectivity index (χ0n) is 13.3. The minimum atomic E-state index is -3.15. The van der Waals surface area contributed by atoms with Crippen molar-refractivity contribution in [1.82, 2.24) is 0 Å². The van der Waals surface area contributed by atoms with E-state index in [0.29, 0.717) is 17.2 Å². The van der Waals surface area contributed by atoms with Crippen LogP contribution < -0.4 is 10.6 Å². The third-order valence-electron chi connectivity index (χ3n) is 3.70. The highest BCUT2D eigenvalue weighted by Gasteiger charge is 2.36. The second-order valence-electron chi connectivity index (χ2n) is 5.97. The Kier molecular flexibility index (Phi) is 4.69. The molecule has 1 aliphatic rings. The highest BCUT2D eigenvalue weighted by Crippen LogP contribution is 2.45.